The Kier molecular flexibility index (Phi) is 5.57. The second-order valence-electron chi connectivity index (χ2n) is 6.37. The molecule has 0 bridgehead atoms. The number of carbonyl (C=O) groups is 1. The van der Waals surface area contributed by atoms with Crippen LogP contribution in [0.15, 0.2) is 24.3 Å². The minimum absolute atomic E-state index is 0.00516. The maximum absolute atomic E-state index is 11.5. The first-order valence-corrected chi connectivity index (χ1v) is 6.94. The minimum atomic E-state index is -0.697. The van der Waals surface area contributed by atoms with Gasteiger partial charge in [-0.15, -0.1) is 0 Å². The van der Waals surface area contributed by atoms with Gasteiger partial charge in [-0.2, -0.15) is 0 Å². The van der Waals surface area contributed by atoms with E-state index < -0.39 is 11.8 Å². The van der Waals surface area contributed by atoms with Crippen LogP contribution in [0.2, 0.25) is 0 Å². The van der Waals surface area contributed by atoms with Crippen molar-refractivity contribution in [2.75, 3.05) is 0 Å². The first-order chi connectivity index (χ1) is 9.17. The molecule has 0 heterocycles. The number of hydrogen-bond donors (Lipinski definition) is 1. The molecule has 0 amide bonds. The van der Waals surface area contributed by atoms with Crippen LogP contribution in [0.3, 0.4) is 0 Å². The molecule has 1 aromatic rings. The summed E-state index contributed by atoms with van der Waals surface area (Å²) in [6, 6.07) is 7.24. The fourth-order valence-electron chi connectivity index (χ4n) is 1.79. The van der Waals surface area contributed by atoms with Gasteiger partial charge in [0.25, 0.3) is 0 Å². The van der Waals surface area contributed by atoms with Crippen LogP contribution in [-0.4, -0.2) is 11.8 Å². The third kappa shape index (κ3) is 6.06. The van der Waals surface area contributed by atoms with Crippen molar-refractivity contribution in [2.24, 2.45) is 11.7 Å². The lowest BCUT2D eigenvalue weighted by Gasteiger charge is -2.19. The van der Waals surface area contributed by atoms with E-state index in [2.05, 4.69) is 13.8 Å². The lowest BCUT2D eigenvalue weighted by Crippen LogP contribution is -2.26. The molecule has 0 fully saturated rings. The van der Waals surface area contributed by atoms with Gasteiger partial charge in [0.1, 0.15) is 11.4 Å². The maximum atomic E-state index is 11.5. The van der Waals surface area contributed by atoms with E-state index in [-0.39, 0.29) is 6.04 Å². The normalized spacial score (nSPS) is 13.2. The van der Waals surface area contributed by atoms with Crippen molar-refractivity contribution in [3.8, 4) is 5.75 Å². The number of carbonyl (C=O) groups excluding carboxylic acids is 1. The van der Waals surface area contributed by atoms with Crippen LogP contribution in [0.4, 0.5) is 4.79 Å². The van der Waals surface area contributed by atoms with Crippen molar-refractivity contribution in [3.63, 3.8) is 0 Å². The molecule has 0 saturated carbocycles. The first kappa shape index (κ1) is 16.5. The monoisotopic (exact) mass is 279 g/mol. The summed E-state index contributed by atoms with van der Waals surface area (Å²) in [6.07, 6.45) is 0.225. The van der Waals surface area contributed by atoms with E-state index in [1.165, 1.54) is 0 Å². The second-order valence-corrected chi connectivity index (χ2v) is 6.37. The van der Waals surface area contributed by atoms with Gasteiger partial charge in [-0.1, -0.05) is 26.0 Å². The molecule has 4 heteroatoms. The van der Waals surface area contributed by atoms with Gasteiger partial charge in [0.05, 0.1) is 0 Å². The third-order valence-corrected chi connectivity index (χ3v) is 2.62. The standard InChI is InChI=1S/C16H25NO3/c1-11(2)10-14(17)12-6-8-13(9-7-12)19-15(18)20-16(3,4)5/h6-9,11,14H,10,17H2,1-5H3. The van der Waals surface area contributed by atoms with Crippen molar-refractivity contribution < 1.29 is 14.3 Å². The third-order valence-electron chi connectivity index (χ3n) is 2.62. The summed E-state index contributed by atoms with van der Waals surface area (Å²) in [5.41, 5.74) is 6.58. The van der Waals surface area contributed by atoms with Gasteiger partial charge < -0.3 is 15.2 Å². The Hall–Kier alpha value is -1.55. The summed E-state index contributed by atoms with van der Waals surface area (Å²) in [4.78, 5) is 11.5. The van der Waals surface area contributed by atoms with E-state index in [0.717, 1.165) is 12.0 Å². The van der Waals surface area contributed by atoms with E-state index in [0.29, 0.717) is 11.7 Å². The minimum Gasteiger partial charge on any atom is -0.428 e. The highest BCUT2D eigenvalue weighted by atomic mass is 16.7. The molecule has 2 N–H and O–H groups in total. The zero-order valence-electron chi connectivity index (χ0n) is 13.0. The van der Waals surface area contributed by atoms with Crippen molar-refractivity contribution in [3.05, 3.63) is 29.8 Å². The molecule has 1 rings (SSSR count). The predicted octanol–water partition coefficient (Wildman–Crippen LogP) is 4.05. The molecule has 0 aromatic heterocycles. The molecule has 1 aromatic carbocycles. The average molecular weight is 279 g/mol. The van der Waals surface area contributed by atoms with Crippen LogP contribution in [0, 0.1) is 5.92 Å². The molecule has 0 aliphatic heterocycles. The molecule has 112 valence electrons. The lowest BCUT2D eigenvalue weighted by atomic mass is 9.98. The van der Waals surface area contributed by atoms with E-state index in [9.17, 15) is 4.79 Å². The predicted molar refractivity (Wildman–Crippen MR) is 79.7 cm³/mol. The summed E-state index contributed by atoms with van der Waals surface area (Å²) in [5.74, 6) is 1.00. The molecule has 1 atom stereocenters. The van der Waals surface area contributed by atoms with Crippen LogP contribution in [0.1, 0.15) is 52.6 Å². The Morgan fingerprint density at radius 2 is 1.75 bits per heavy atom. The van der Waals surface area contributed by atoms with Gasteiger partial charge in [-0.3, -0.25) is 0 Å². The fraction of sp³-hybridized carbons (Fsp3) is 0.562. The number of hydrogen-bond acceptors (Lipinski definition) is 4. The van der Waals surface area contributed by atoms with Gasteiger partial charge in [-0.25, -0.2) is 4.79 Å². The molecule has 0 aliphatic rings. The van der Waals surface area contributed by atoms with Gasteiger partial charge in [-0.05, 0) is 50.8 Å². The Balaban J connectivity index is 2.61. The summed E-state index contributed by atoms with van der Waals surface area (Å²) < 4.78 is 10.2. The summed E-state index contributed by atoms with van der Waals surface area (Å²) >= 11 is 0. The van der Waals surface area contributed by atoms with Gasteiger partial charge >= 0.3 is 6.16 Å². The van der Waals surface area contributed by atoms with E-state index in [1.807, 2.05) is 12.1 Å². The summed E-state index contributed by atoms with van der Waals surface area (Å²) in [6.45, 7) is 9.66. The topological polar surface area (TPSA) is 61.5 Å². The molecular weight excluding hydrogens is 254 g/mol. The van der Waals surface area contributed by atoms with Crippen LogP contribution in [0.5, 0.6) is 5.75 Å². The average Bonchev–Trinajstić information content (AvgIpc) is 2.26. The van der Waals surface area contributed by atoms with Gasteiger partial charge in [0, 0.05) is 6.04 Å². The Labute approximate surface area is 121 Å². The Bertz CT molecular complexity index is 432. The van der Waals surface area contributed by atoms with Crippen molar-refractivity contribution in [1.29, 1.82) is 0 Å². The highest BCUT2D eigenvalue weighted by molar-refractivity contribution is 5.64. The lowest BCUT2D eigenvalue weighted by molar-refractivity contribution is 0.0206. The molecule has 0 aliphatic carbocycles. The maximum Gasteiger partial charge on any atom is 0.514 e. The van der Waals surface area contributed by atoms with Crippen molar-refractivity contribution in [1.82, 2.24) is 0 Å². The Morgan fingerprint density at radius 1 is 1.20 bits per heavy atom. The Morgan fingerprint density at radius 3 is 2.20 bits per heavy atom. The van der Waals surface area contributed by atoms with Crippen LogP contribution in [-0.2, 0) is 4.74 Å². The molecule has 1 unspecified atom stereocenters. The van der Waals surface area contributed by atoms with E-state index in [4.69, 9.17) is 15.2 Å². The number of benzene rings is 1. The first-order valence-electron chi connectivity index (χ1n) is 6.94. The van der Waals surface area contributed by atoms with Crippen LogP contribution in [0.25, 0.3) is 0 Å². The number of rotatable bonds is 4. The molecule has 0 spiro atoms. The second kappa shape index (κ2) is 6.75. The fourth-order valence-corrected chi connectivity index (χ4v) is 1.79. The zero-order valence-corrected chi connectivity index (χ0v) is 13.0. The van der Waals surface area contributed by atoms with Crippen LogP contribution >= 0.6 is 0 Å². The highest BCUT2D eigenvalue weighted by Crippen LogP contribution is 2.22. The van der Waals surface area contributed by atoms with Gasteiger partial charge in [0.15, 0.2) is 0 Å². The SMILES string of the molecule is CC(C)CC(N)c1ccc(OC(=O)OC(C)(C)C)cc1. The summed E-state index contributed by atoms with van der Waals surface area (Å²) in [5, 5.41) is 0. The smallest absolute Gasteiger partial charge is 0.428 e. The molecule has 0 radical (unpaired) electrons. The molecular formula is C16H25NO3. The summed E-state index contributed by atoms with van der Waals surface area (Å²) in [7, 11) is 0. The van der Waals surface area contributed by atoms with Gasteiger partial charge in [0.2, 0.25) is 0 Å². The zero-order chi connectivity index (χ0) is 15.3. The van der Waals surface area contributed by atoms with Crippen molar-refractivity contribution in [2.45, 2.75) is 52.7 Å². The quantitative estimate of drug-likeness (QED) is 0.667. The van der Waals surface area contributed by atoms with E-state index in [1.54, 1.807) is 32.9 Å². The number of nitrogens with two attached hydrogens (primary N) is 1. The molecule has 0 saturated heterocycles. The van der Waals surface area contributed by atoms with Crippen LogP contribution < -0.4 is 10.5 Å². The largest absolute Gasteiger partial charge is 0.514 e. The van der Waals surface area contributed by atoms with E-state index >= 15 is 0 Å². The van der Waals surface area contributed by atoms with Crippen molar-refractivity contribution >= 4 is 6.16 Å². The molecule has 20 heavy (non-hydrogen) atoms. The number of ether oxygens (including phenoxy) is 2. The highest BCUT2D eigenvalue weighted by Gasteiger charge is 2.18. The molecule has 4 nitrogen and oxygen atoms in total.